The fourth-order valence-electron chi connectivity index (χ4n) is 2.42. The summed E-state index contributed by atoms with van der Waals surface area (Å²) in [5, 5.41) is 2.94. The van der Waals surface area contributed by atoms with Crippen LogP contribution < -0.4 is 11.1 Å². The number of thioether (sulfide) groups is 1. The van der Waals surface area contributed by atoms with Gasteiger partial charge >= 0.3 is 0 Å². The largest absolute Gasteiger partial charge is 0.397 e. The van der Waals surface area contributed by atoms with Gasteiger partial charge in [-0.1, -0.05) is 12.1 Å². The van der Waals surface area contributed by atoms with Gasteiger partial charge in [0.2, 0.25) is 5.91 Å². The Morgan fingerprint density at radius 2 is 2.35 bits per heavy atom. The minimum Gasteiger partial charge on any atom is -0.397 e. The normalized spacial score (nSPS) is 24.5. The van der Waals surface area contributed by atoms with Crippen LogP contribution in [0, 0.1) is 0 Å². The van der Waals surface area contributed by atoms with Gasteiger partial charge in [0.15, 0.2) is 0 Å². The fourth-order valence-corrected chi connectivity index (χ4v) is 3.46. The molecule has 1 fully saturated rings. The molecular formula is C12H15N3OS. The van der Waals surface area contributed by atoms with Crippen molar-refractivity contribution in [3.8, 4) is 0 Å². The molecule has 1 unspecified atom stereocenters. The van der Waals surface area contributed by atoms with E-state index in [0.29, 0.717) is 5.69 Å². The van der Waals surface area contributed by atoms with Crippen molar-refractivity contribution in [1.82, 2.24) is 4.90 Å². The molecule has 1 amide bonds. The van der Waals surface area contributed by atoms with Gasteiger partial charge in [0.25, 0.3) is 0 Å². The van der Waals surface area contributed by atoms with Crippen molar-refractivity contribution in [1.29, 1.82) is 0 Å². The molecule has 2 aliphatic heterocycles. The van der Waals surface area contributed by atoms with E-state index >= 15 is 0 Å². The summed E-state index contributed by atoms with van der Waals surface area (Å²) in [6.45, 7) is 1.00. The van der Waals surface area contributed by atoms with Crippen LogP contribution in [0.3, 0.4) is 0 Å². The lowest BCUT2D eigenvalue weighted by atomic mass is 9.97. The van der Waals surface area contributed by atoms with E-state index < -0.39 is 0 Å². The van der Waals surface area contributed by atoms with Crippen molar-refractivity contribution in [3.63, 3.8) is 0 Å². The summed E-state index contributed by atoms with van der Waals surface area (Å²) >= 11 is 1.88. The van der Waals surface area contributed by atoms with Crippen LogP contribution in [0.25, 0.3) is 0 Å². The standard InChI is InChI=1S/C12H15N3OS/c13-9-3-1-2-8-6-10(12(16)14-11(8)9)15-4-5-17-7-15/h1-3,10H,4-7,13H2,(H,14,16). The second-order valence-electron chi connectivity index (χ2n) is 4.44. The second kappa shape index (κ2) is 4.23. The lowest BCUT2D eigenvalue weighted by Gasteiger charge is -2.31. The van der Waals surface area contributed by atoms with Crippen molar-refractivity contribution < 1.29 is 4.79 Å². The summed E-state index contributed by atoms with van der Waals surface area (Å²) in [6.07, 6.45) is 0.771. The minimum atomic E-state index is -0.0284. The van der Waals surface area contributed by atoms with Gasteiger partial charge in [-0.3, -0.25) is 9.69 Å². The first-order valence-electron chi connectivity index (χ1n) is 5.76. The zero-order chi connectivity index (χ0) is 11.8. The number of hydrogen-bond donors (Lipinski definition) is 2. The molecule has 3 N–H and O–H groups in total. The Balaban J connectivity index is 1.89. The topological polar surface area (TPSA) is 58.4 Å². The molecule has 2 aliphatic rings. The van der Waals surface area contributed by atoms with Crippen LogP contribution in [0.4, 0.5) is 11.4 Å². The first-order chi connectivity index (χ1) is 8.25. The maximum atomic E-state index is 12.1. The number of nitrogens with two attached hydrogens (primary N) is 1. The van der Waals surface area contributed by atoms with Gasteiger partial charge in [-0.05, 0) is 18.1 Å². The number of para-hydroxylation sites is 1. The molecule has 2 heterocycles. The highest BCUT2D eigenvalue weighted by molar-refractivity contribution is 7.99. The molecule has 1 atom stereocenters. The number of carbonyl (C=O) groups is 1. The van der Waals surface area contributed by atoms with Crippen molar-refractivity contribution in [2.75, 3.05) is 29.2 Å². The van der Waals surface area contributed by atoms with Crippen LogP contribution >= 0.6 is 11.8 Å². The summed E-state index contributed by atoms with van der Waals surface area (Å²) < 4.78 is 0. The molecule has 1 aromatic carbocycles. The third-order valence-electron chi connectivity index (χ3n) is 3.37. The number of fused-ring (bicyclic) bond motifs is 1. The highest BCUT2D eigenvalue weighted by atomic mass is 32.2. The zero-order valence-corrected chi connectivity index (χ0v) is 10.3. The predicted molar refractivity (Wildman–Crippen MR) is 71.0 cm³/mol. The molecule has 0 radical (unpaired) electrons. The van der Waals surface area contributed by atoms with Gasteiger partial charge in [-0.15, -0.1) is 11.8 Å². The van der Waals surface area contributed by atoms with Gasteiger partial charge in [0.05, 0.1) is 17.4 Å². The SMILES string of the molecule is Nc1cccc2c1NC(=O)C(N1CCSC1)C2. The zero-order valence-electron chi connectivity index (χ0n) is 9.48. The molecule has 3 rings (SSSR count). The smallest absolute Gasteiger partial charge is 0.242 e. The van der Waals surface area contributed by atoms with Gasteiger partial charge < -0.3 is 11.1 Å². The maximum Gasteiger partial charge on any atom is 0.242 e. The number of benzene rings is 1. The van der Waals surface area contributed by atoms with E-state index in [-0.39, 0.29) is 11.9 Å². The Hall–Kier alpha value is -1.20. The van der Waals surface area contributed by atoms with Crippen LogP contribution in [-0.2, 0) is 11.2 Å². The fraction of sp³-hybridized carbons (Fsp3) is 0.417. The van der Waals surface area contributed by atoms with Gasteiger partial charge in [0.1, 0.15) is 0 Å². The third kappa shape index (κ3) is 1.89. The summed E-state index contributed by atoms with van der Waals surface area (Å²) in [4.78, 5) is 14.3. The predicted octanol–water partition coefficient (Wildman–Crippen LogP) is 1.14. The Bertz CT molecular complexity index is 457. The molecule has 0 spiro atoms. The quantitative estimate of drug-likeness (QED) is 0.733. The number of amides is 1. The van der Waals surface area contributed by atoms with Crippen LogP contribution in [-0.4, -0.2) is 35.0 Å². The number of nitrogens with one attached hydrogen (secondary N) is 1. The molecule has 0 saturated carbocycles. The van der Waals surface area contributed by atoms with E-state index in [1.54, 1.807) is 0 Å². The van der Waals surface area contributed by atoms with E-state index in [1.807, 2.05) is 30.0 Å². The molecule has 1 aromatic rings. The second-order valence-corrected chi connectivity index (χ2v) is 5.51. The first-order valence-corrected chi connectivity index (χ1v) is 6.91. The Morgan fingerprint density at radius 1 is 1.47 bits per heavy atom. The number of nitrogens with zero attached hydrogens (tertiary/aromatic N) is 1. The summed E-state index contributed by atoms with van der Waals surface area (Å²) in [5.74, 6) is 2.15. The van der Waals surface area contributed by atoms with Crippen molar-refractivity contribution in [2.45, 2.75) is 12.5 Å². The van der Waals surface area contributed by atoms with E-state index in [2.05, 4.69) is 10.2 Å². The third-order valence-corrected chi connectivity index (χ3v) is 4.35. The van der Waals surface area contributed by atoms with Crippen LogP contribution in [0.2, 0.25) is 0 Å². The van der Waals surface area contributed by atoms with E-state index in [1.165, 1.54) is 0 Å². The van der Waals surface area contributed by atoms with Crippen molar-refractivity contribution in [2.24, 2.45) is 0 Å². The Kier molecular flexibility index (Phi) is 2.72. The van der Waals surface area contributed by atoms with Crippen molar-refractivity contribution >= 4 is 29.0 Å². The van der Waals surface area contributed by atoms with E-state index in [0.717, 1.165) is 35.8 Å². The molecule has 4 nitrogen and oxygen atoms in total. The highest BCUT2D eigenvalue weighted by Gasteiger charge is 2.33. The highest BCUT2D eigenvalue weighted by Crippen LogP contribution is 2.31. The monoisotopic (exact) mass is 249 g/mol. The summed E-state index contributed by atoms with van der Waals surface area (Å²) in [6, 6.07) is 5.78. The van der Waals surface area contributed by atoms with Crippen LogP contribution in [0.5, 0.6) is 0 Å². The Labute approximate surface area is 105 Å². The van der Waals surface area contributed by atoms with E-state index in [4.69, 9.17) is 5.73 Å². The lowest BCUT2D eigenvalue weighted by molar-refractivity contribution is -0.121. The number of rotatable bonds is 1. The van der Waals surface area contributed by atoms with Gasteiger partial charge in [-0.2, -0.15) is 0 Å². The summed E-state index contributed by atoms with van der Waals surface area (Å²) in [7, 11) is 0. The average molecular weight is 249 g/mol. The van der Waals surface area contributed by atoms with Crippen LogP contribution in [0.1, 0.15) is 5.56 Å². The summed E-state index contributed by atoms with van der Waals surface area (Å²) in [5.41, 5.74) is 8.48. The number of hydrogen-bond acceptors (Lipinski definition) is 4. The first kappa shape index (κ1) is 10.9. The average Bonchev–Trinajstić information content (AvgIpc) is 2.83. The minimum absolute atomic E-state index is 0.0284. The molecule has 0 aliphatic carbocycles. The Morgan fingerprint density at radius 3 is 3.12 bits per heavy atom. The number of nitrogen functional groups attached to an aromatic ring is 1. The molecule has 0 bridgehead atoms. The number of anilines is 2. The molecule has 0 aromatic heterocycles. The van der Waals surface area contributed by atoms with Gasteiger partial charge in [0, 0.05) is 18.2 Å². The molecule has 90 valence electrons. The molecule has 17 heavy (non-hydrogen) atoms. The number of carbonyl (C=O) groups excluding carboxylic acids is 1. The molecule has 5 heteroatoms. The van der Waals surface area contributed by atoms with Gasteiger partial charge in [-0.25, -0.2) is 0 Å². The molecular weight excluding hydrogens is 234 g/mol. The lowest BCUT2D eigenvalue weighted by Crippen LogP contribution is -2.46. The van der Waals surface area contributed by atoms with E-state index in [9.17, 15) is 4.79 Å². The van der Waals surface area contributed by atoms with Crippen molar-refractivity contribution in [3.05, 3.63) is 23.8 Å². The molecule has 1 saturated heterocycles. The van der Waals surface area contributed by atoms with Crippen LogP contribution in [0.15, 0.2) is 18.2 Å². The maximum absolute atomic E-state index is 12.1.